The van der Waals surface area contributed by atoms with E-state index in [1.165, 1.54) is 0 Å². The second kappa shape index (κ2) is 27.6. The molecule has 0 aliphatic rings. The molecule has 0 saturated heterocycles. The number of carbonyl (C=O) groups excluding carboxylic acids is 7. The summed E-state index contributed by atoms with van der Waals surface area (Å²) in [7, 11) is 0. The first-order chi connectivity index (χ1) is 26.7. The van der Waals surface area contributed by atoms with Crippen molar-refractivity contribution in [2.45, 2.75) is 113 Å². The maximum atomic E-state index is 13.5. The van der Waals surface area contributed by atoms with Gasteiger partial charge in [-0.3, -0.25) is 47.9 Å². The van der Waals surface area contributed by atoms with Gasteiger partial charge in [0.1, 0.15) is 36.3 Å². The van der Waals surface area contributed by atoms with Crippen LogP contribution in [0.4, 0.5) is 0 Å². The van der Waals surface area contributed by atoms with Crippen molar-refractivity contribution < 1.29 is 73.2 Å². The summed E-state index contributed by atoms with van der Waals surface area (Å²) >= 11 is 0. The zero-order valence-corrected chi connectivity index (χ0v) is 31.2. The van der Waals surface area contributed by atoms with Gasteiger partial charge in [0.05, 0.1) is 19.4 Å². The first-order valence-electron chi connectivity index (χ1n) is 17.8. The Bertz CT molecular complexity index is 1450. The maximum absolute atomic E-state index is 13.5. The molecule has 0 heterocycles. The van der Waals surface area contributed by atoms with E-state index in [0.29, 0.717) is 19.3 Å². The standard InChI is InChI=1S/C32H54N10O15/c33-11-3-1-5-16(37-23(44)15-35)27(51)41-20(13-22(36)43)30(54)42-21(14-26(49)50)31(55)38-17(6-2-4-12-34)28(52)39-18(7-9-24(45)46)29(53)40-19(32(56)57)8-10-25(47)48/h16-21H,1-15,33-35H2,(H2,36,43)(H,37,44)(H,38,55)(H,39,52)(H,40,53)(H,41,51)(H,42,54)(H,45,46)(H,47,48)(H,49,50)(H,56,57)/t16-,17-,18-,19-,20-,21-/m0/s1. The summed E-state index contributed by atoms with van der Waals surface area (Å²) < 4.78 is 0. The lowest BCUT2D eigenvalue weighted by atomic mass is 10.0. The number of amides is 7. The summed E-state index contributed by atoms with van der Waals surface area (Å²) in [6.45, 7) is -0.0924. The molecule has 25 heteroatoms. The number of carboxylic acids is 4. The quantitative estimate of drug-likeness (QED) is 0.0290. The Kier molecular flexibility index (Phi) is 24.7. The molecule has 0 aromatic carbocycles. The second-order valence-electron chi connectivity index (χ2n) is 12.7. The van der Waals surface area contributed by atoms with Crippen LogP contribution >= 0.6 is 0 Å². The van der Waals surface area contributed by atoms with Crippen LogP contribution in [0.5, 0.6) is 0 Å². The van der Waals surface area contributed by atoms with Gasteiger partial charge in [-0.1, -0.05) is 0 Å². The van der Waals surface area contributed by atoms with Crippen LogP contribution in [-0.2, 0) is 52.7 Å². The van der Waals surface area contributed by atoms with Gasteiger partial charge in [0.15, 0.2) is 0 Å². The van der Waals surface area contributed by atoms with Gasteiger partial charge in [0.2, 0.25) is 41.4 Å². The fourth-order valence-electron chi connectivity index (χ4n) is 4.99. The minimum atomic E-state index is -1.97. The number of carboxylic acid groups (broad SMARTS) is 4. The number of nitrogens with two attached hydrogens (primary N) is 4. The number of nitrogens with one attached hydrogen (secondary N) is 6. The third kappa shape index (κ3) is 22.3. The van der Waals surface area contributed by atoms with E-state index in [0.717, 1.165) is 0 Å². The van der Waals surface area contributed by atoms with Crippen molar-refractivity contribution >= 4 is 65.2 Å². The zero-order valence-electron chi connectivity index (χ0n) is 31.2. The predicted octanol–water partition coefficient (Wildman–Crippen LogP) is -5.72. The summed E-state index contributed by atoms with van der Waals surface area (Å²) in [6.07, 6.45) is -3.35. The number of rotatable bonds is 31. The minimum absolute atomic E-state index is 0.0427. The van der Waals surface area contributed by atoms with Crippen LogP contribution in [0.3, 0.4) is 0 Å². The fraction of sp³-hybridized carbons (Fsp3) is 0.656. The van der Waals surface area contributed by atoms with E-state index >= 15 is 0 Å². The predicted molar refractivity (Wildman–Crippen MR) is 194 cm³/mol. The number of hydrogen-bond acceptors (Lipinski definition) is 14. The van der Waals surface area contributed by atoms with E-state index in [-0.39, 0.29) is 32.4 Å². The van der Waals surface area contributed by atoms with Crippen molar-refractivity contribution in [3.8, 4) is 0 Å². The molecule has 322 valence electrons. The first-order valence-corrected chi connectivity index (χ1v) is 17.8. The van der Waals surface area contributed by atoms with Crippen LogP contribution < -0.4 is 54.8 Å². The largest absolute Gasteiger partial charge is 0.481 e. The van der Waals surface area contributed by atoms with Crippen LogP contribution in [0.2, 0.25) is 0 Å². The molecule has 0 aliphatic heterocycles. The lowest BCUT2D eigenvalue weighted by Gasteiger charge is -2.27. The van der Waals surface area contributed by atoms with Crippen LogP contribution in [0.15, 0.2) is 0 Å². The molecule has 0 unspecified atom stereocenters. The minimum Gasteiger partial charge on any atom is -0.481 e. The summed E-state index contributed by atoms with van der Waals surface area (Å²) in [5.41, 5.74) is 21.6. The smallest absolute Gasteiger partial charge is 0.326 e. The normalized spacial score (nSPS) is 13.9. The molecular weight excluding hydrogens is 764 g/mol. The summed E-state index contributed by atoms with van der Waals surface area (Å²) in [6, 6.07) is -10.1. The van der Waals surface area contributed by atoms with Crippen molar-refractivity contribution in [1.29, 1.82) is 0 Å². The average Bonchev–Trinajstić information content (AvgIpc) is 3.12. The highest BCUT2D eigenvalue weighted by molar-refractivity contribution is 5.99. The van der Waals surface area contributed by atoms with Gasteiger partial charge in [-0.15, -0.1) is 0 Å². The maximum Gasteiger partial charge on any atom is 0.326 e. The first kappa shape index (κ1) is 51.0. The van der Waals surface area contributed by atoms with Crippen molar-refractivity contribution in [1.82, 2.24) is 31.9 Å². The van der Waals surface area contributed by atoms with E-state index in [4.69, 9.17) is 28.0 Å². The Balaban J connectivity index is 6.40. The third-order valence-corrected chi connectivity index (χ3v) is 7.96. The molecule has 0 spiro atoms. The van der Waals surface area contributed by atoms with Gasteiger partial charge in [-0.05, 0) is 64.5 Å². The van der Waals surface area contributed by atoms with Crippen LogP contribution in [-0.4, -0.2) is 142 Å². The number of aliphatic carboxylic acids is 4. The van der Waals surface area contributed by atoms with Crippen molar-refractivity contribution in [3.05, 3.63) is 0 Å². The highest BCUT2D eigenvalue weighted by atomic mass is 16.4. The van der Waals surface area contributed by atoms with Crippen LogP contribution in [0, 0.1) is 0 Å². The monoisotopic (exact) mass is 818 g/mol. The number of unbranched alkanes of at least 4 members (excludes halogenated alkanes) is 2. The number of hydrogen-bond donors (Lipinski definition) is 14. The Morgan fingerprint density at radius 1 is 0.421 bits per heavy atom. The van der Waals surface area contributed by atoms with Crippen molar-refractivity contribution in [2.75, 3.05) is 19.6 Å². The molecule has 0 rings (SSSR count). The molecule has 25 nitrogen and oxygen atoms in total. The SMILES string of the molecule is NCCCC[C@H](NC(=O)CN)C(=O)N[C@@H](CC(N)=O)C(=O)N[C@@H](CC(=O)O)C(=O)N[C@@H](CCCCN)C(=O)N[C@@H](CCC(=O)O)C(=O)N[C@@H](CCC(=O)O)C(=O)O. The molecule has 57 heavy (non-hydrogen) atoms. The topological polar surface area (TPSA) is 445 Å². The fourth-order valence-corrected chi connectivity index (χ4v) is 4.99. The number of primary amides is 1. The van der Waals surface area contributed by atoms with Crippen LogP contribution in [0.25, 0.3) is 0 Å². The molecular formula is C32H54N10O15. The van der Waals surface area contributed by atoms with Gasteiger partial charge >= 0.3 is 23.9 Å². The molecule has 7 amide bonds. The molecule has 0 fully saturated rings. The molecule has 0 saturated carbocycles. The molecule has 6 atom stereocenters. The van der Waals surface area contributed by atoms with E-state index in [1.807, 2.05) is 5.32 Å². The highest BCUT2D eigenvalue weighted by Crippen LogP contribution is 2.09. The van der Waals surface area contributed by atoms with Gasteiger partial charge < -0.3 is 75.3 Å². The number of carbonyl (C=O) groups is 11. The Hall–Kier alpha value is -5.95. The average molecular weight is 819 g/mol. The van der Waals surface area contributed by atoms with Gasteiger partial charge in [0, 0.05) is 12.8 Å². The van der Waals surface area contributed by atoms with Gasteiger partial charge in [-0.2, -0.15) is 0 Å². The second-order valence-corrected chi connectivity index (χ2v) is 12.7. The van der Waals surface area contributed by atoms with Crippen molar-refractivity contribution in [2.24, 2.45) is 22.9 Å². The Labute approximate surface area is 326 Å². The molecule has 0 bridgehead atoms. The van der Waals surface area contributed by atoms with E-state index in [9.17, 15) is 68.1 Å². The van der Waals surface area contributed by atoms with E-state index in [2.05, 4.69) is 26.6 Å². The molecule has 0 aromatic rings. The lowest BCUT2D eigenvalue weighted by molar-refractivity contribution is -0.144. The molecule has 18 N–H and O–H groups in total. The Morgan fingerprint density at radius 3 is 1.14 bits per heavy atom. The summed E-state index contributed by atoms with van der Waals surface area (Å²) in [4.78, 5) is 136. The Morgan fingerprint density at radius 2 is 0.772 bits per heavy atom. The molecule has 0 aliphatic carbocycles. The van der Waals surface area contributed by atoms with Gasteiger partial charge in [0.25, 0.3) is 0 Å². The highest BCUT2D eigenvalue weighted by Gasteiger charge is 2.34. The lowest BCUT2D eigenvalue weighted by Crippen LogP contribution is -2.60. The zero-order chi connectivity index (χ0) is 43.7. The van der Waals surface area contributed by atoms with Crippen molar-refractivity contribution in [3.63, 3.8) is 0 Å². The molecule has 0 aromatic heterocycles. The third-order valence-electron chi connectivity index (χ3n) is 7.96. The van der Waals surface area contributed by atoms with E-state index in [1.54, 1.807) is 0 Å². The summed E-state index contributed by atoms with van der Waals surface area (Å²) in [5, 5.41) is 50.3. The summed E-state index contributed by atoms with van der Waals surface area (Å²) in [5.74, 6) is -13.7. The van der Waals surface area contributed by atoms with Crippen LogP contribution in [0.1, 0.15) is 77.0 Å². The molecule has 0 radical (unpaired) electrons. The van der Waals surface area contributed by atoms with Gasteiger partial charge in [-0.25, -0.2) is 4.79 Å². The van der Waals surface area contributed by atoms with E-state index < -0.39 is 147 Å².